The van der Waals surface area contributed by atoms with Gasteiger partial charge in [0.25, 0.3) is 5.91 Å². The van der Waals surface area contributed by atoms with Gasteiger partial charge in [0.1, 0.15) is 14.8 Å². The number of nitrogens with one attached hydrogen (secondary N) is 1. The van der Waals surface area contributed by atoms with Crippen LogP contribution in [0.4, 0.5) is 10.7 Å². The number of nitrogens with two attached hydrogens (primary N) is 1. The van der Waals surface area contributed by atoms with Gasteiger partial charge >= 0.3 is 0 Å². The predicted molar refractivity (Wildman–Crippen MR) is 85.0 cm³/mol. The van der Waals surface area contributed by atoms with Gasteiger partial charge in [-0.1, -0.05) is 0 Å². The highest BCUT2D eigenvalue weighted by Crippen LogP contribution is 2.40. The first kappa shape index (κ1) is 17.7. The monoisotopic (exact) mass is 335 g/mol. The number of thiophene rings is 1. The summed E-state index contributed by atoms with van der Waals surface area (Å²) in [6.07, 6.45) is 1.08. The largest absolute Gasteiger partial charge is 0.396 e. The zero-order valence-electron chi connectivity index (χ0n) is 12.6. The maximum atomic E-state index is 12.0. The van der Waals surface area contributed by atoms with Crippen molar-refractivity contribution < 1.29 is 17.9 Å². The van der Waals surface area contributed by atoms with Crippen LogP contribution in [0.3, 0.4) is 0 Å². The maximum absolute atomic E-state index is 12.0. The number of ether oxygens (including phenoxy) is 1. The summed E-state index contributed by atoms with van der Waals surface area (Å²) in [5.41, 5.74) is 5.91. The molecule has 0 aliphatic carbocycles. The van der Waals surface area contributed by atoms with Crippen molar-refractivity contribution in [3.05, 3.63) is 4.88 Å². The molecule has 1 aromatic rings. The van der Waals surface area contributed by atoms with Crippen LogP contribution in [0.25, 0.3) is 0 Å². The van der Waals surface area contributed by atoms with Crippen LogP contribution < -0.4 is 16.0 Å². The number of sulfone groups is 1. The van der Waals surface area contributed by atoms with Crippen LogP contribution in [0.1, 0.15) is 16.6 Å². The number of anilines is 2. The van der Waals surface area contributed by atoms with Gasteiger partial charge in [0.2, 0.25) is 0 Å². The summed E-state index contributed by atoms with van der Waals surface area (Å²) in [5, 5.41) is 3.08. The quantitative estimate of drug-likeness (QED) is 0.755. The normalized spacial score (nSPS) is 11.4. The minimum Gasteiger partial charge on any atom is -0.396 e. The molecule has 0 atom stereocenters. The van der Waals surface area contributed by atoms with Crippen molar-refractivity contribution in [1.29, 1.82) is 0 Å². The Balaban J connectivity index is 3.35. The summed E-state index contributed by atoms with van der Waals surface area (Å²) in [6.45, 7) is 3.16. The molecule has 1 amide bonds. The van der Waals surface area contributed by atoms with Crippen LogP contribution in [-0.4, -0.2) is 54.4 Å². The molecule has 3 N–H and O–H groups in total. The van der Waals surface area contributed by atoms with Gasteiger partial charge < -0.3 is 20.7 Å². The van der Waals surface area contributed by atoms with E-state index in [9.17, 15) is 13.2 Å². The highest BCUT2D eigenvalue weighted by Gasteiger charge is 2.28. The van der Waals surface area contributed by atoms with Gasteiger partial charge in [-0.3, -0.25) is 4.79 Å². The Morgan fingerprint density at radius 1 is 1.48 bits per heavy atom. The zero-order chi connectivity index (χ0) is 16.2. The van der Waals surface area contributed by atoms with Crippen LogP contribution >= 0.6 is 11.3 Å². The van der Waals surface area contributed by atoms with Gasteiger partial charge in [0.15, 0.2) is 9.84 Å². The van der Waals surface area contributed by atoms with Crippen LogP contribution in [-0.2, 0) is 14.6 Å². The number of hydrogen-bond acceptors (Lipinski definition) is 7. The molecule has 0 bridgehead atoms. The summed E-state index contributed by atoms with van der Waals surface area (Å²) in [5.74, 6) is -0.365. The zero-order valence-corrected chi connectivity index (χ0v) is 14.2. The smallest absolute Gasteiger partial charge is 0.263 e. The van der Waals surface area contributed by atoms with Crippen LogP contribution in [0.2, 0.25) is 0 Å². The Hall–Kier alpha value is -1.32. The van der Waals surface area contributed by atoms with E-state index in [0.29, 0.717) is 24.7 Å². The summed E-state index contributed by atoms with van der Waals surface area (Å²) >= 11 is 1.07. The van der Waals surface area contributed by atoms with Crippen LogP contribution in [0.15, 0.2) is 4.90 Å². The lowest BCUT2D eigenvalue weighted by atomic mass is 10.3. The third-order valence-electron chi connectivity index (χ3n) is 2.77. The van der Waals surface area contributed by atoms with E-state index in [4.69, 9.17) is 10.5 Å². The number of nitrogens with zero attached hydrogens (tertiary/aromatic N) is 1. The number of rotatable bonds is 7. The highest BCUT2D eigenvalue weighted by molar-refractivity contribution is 7.91. The predicted octanol–water partition coefficient (Wildman–Crippen LogP) is 0.566. The summed E-state index contributed by atoms with van der Waals surface area (Å²) < 4.78 is 29.0. The van der Waals surface area contributed by atoms with E-state index in [-0.39, 0.29) is 21.4 Å². The van der Waals surface area contributed by atoms with Gasteiger partial charge in [0.05, 0.1) is 12.3 Å². The molecule has 7 nitrogen and oxygen atoms in total. The van der Waals surface area contributed by atoms with Crippen LogP contribution in [0, 0.1) is 0 Å². The Morgan fingerprint density at radius 3 is 2.57 bits per heavy atom. The van der Waals surface area contributed by atoms with Gasteiger partial charge in [-0.05, 0) is 6.92 Å². The first-order chi connectivity index (χ1) is 9.73. The molecule has 0 aliphatic rings. The molecule has 0 radical (unpaired) electrons. The molecule has 0 unspecified atom stereocenters. The first-order valence-corrected chi connectivity index (χ1v) is 9.05. The molecule has 1 heterocycles. The van der Waals surface area contributed by atoms with Crippen LogP contribution in [0.5, 0.6) is 0 Å². The Labute approximate surface area is 129 Å². The number of carbonyl (C=O) groups excluding carboxylic acids is 1. The topological polar surface area (TPSA) is 102 Å². The first-order valence-electron chi connectivity index (χ1n) is 6.34. The minimum absolute atomic E-state index is 0.00681. The van der Waals surface area contributed by atoms with E-state index in [1.807, 2.05) is 0 Å². The fraction of sp³-hybridized carbons (Fsp3) is 0.583. The number of nitrogen functional groups attached to an aromatic ring is 1. The van der Waals surface area contributed by atoms with Gasteiger partial charge in [-0.2, -0.15) is 0 Å². The summed E-state index contributed by atoms with van der Waals surface area (Å²) in [6, 6.07) is 0. The molecule has 0 fully saturated rings. The van der Waals surface area contributed by atoms with E-state index in [2.05, 4.69) is 5.32 Å². The fourth-order valence-electron chi connectivity index (χ4n) is 1.77. The number of hydrogen-bond donors (Lipinski definition) is 2. The molecular formula is C12H21N3O4S2. The molecule has 1 rings (SSSR count). The van der Waals surface area contributed by atoms with Crippen molar-refractivity contribution in [2.75, 3.05) is 50.7 Å². The second-order valence-corrected chi connectivity index (χ2v) is 7.48. The van der Waals surface area contributed by atoms with E-state index >= 15 is 0 Å². The van der Waals surface area contributed by atoms with Crippen molar-refractivity contribution in [1.82, 2.24) is 5.32 Å². The number of methoxy groups -OCH3 is 1. The Bertz CT molecular complexity index is 610. The maximum Gasteiger partial charge on any atom is 0.263 e. The summed E-state index contributed by atoms with van der Waals surface area (Å²) in [4.78, 5) is 13.9. The third kappa shape index (κ3) is 4.08. The number of amides is 1. The van der Waals surface area contributed by atoms with Crippen molar-refractivity contribution in [3.8, 4) is 0 Å². The van der Waals surface area contributed by atoms with Gasteiger partial charge in [0, 0.05) is 33.5 Å². The molecule has 1 aromatic heterocycles. The molecule has 0 spiro atoms. The lowest BCUT2D eigenvalue weighted by molar-refractivity contribution is 0.0960. The van der Waals surface area contributed by atoms with Crippen molar-refractivity contribution in [2.24, 2.45) is 0 Å². The second kappa shape index (κ2) is 7.10. The molecule has 21 heavy (non-hydrogen) atoms. The molecule has 120 valence electrons. The molecular weight excluding hydrogens is 314 g/mol. The Morgan fingerprint density at radius 2 is 2.10 bits per heavy atom. The molecule has 0 saturated carbocycles. The van der Waals surface area contributed by atoms with Crippen molar-refractivity contribution in [3.63, 3.8) is 0 Å². The van der Waals surface area contributed by atoms with Gasteiger partial charge in [-0.15, -0.1) is 11.3 Å². The lowest BCUT2D eigenvalue weighted by Gasteiger charge is -2.18. The fourth-order valence-corrected chi connectivity index (χ4v) is 4.40. The van der Waals surface area contributed by atoms with E-state index in [0.717, 1.165) is 17.6 Å². The number of carbonyl (C=O) groups is 1. The summed E-state index contributed by atoms with van der Waals surface area (Å²) in [7, 11) is -0.239. The molecule has 9 heteroatoms. The average Bonchev–Trinajstić information content (AvgIpc) is 2.73. The highest BCUT2D eigenvalue weighted by atomic mass is 32.2. The molecule has 0 aliphatic heterocycles. The third-order valence-corrected chi connectivity index (χ3v) is 5.38. The lowest BCUT2D eigenvalue weighted by Crippen LogP contribution is -2.22. The number of likely N-dealkylation sites (N-methyl/N-ethyl adjacent to an activating group) is 1. The molecule has 0 saturated heterocycles. The second-order valence-electron chi connectivity index (χ2n) is 4.53. The van der Waals surface area contributed by atoms with E-state index < -0.39 is 9.84 Å². The SMILES string of the molecule is CCNC(=O)c1sc(N(C)CCOC)c(S(C)(=O)=O)c1N. The Kier molecular flexibility index (Phi) is 5.99. The van der Waals surface area contributed by atoms with E-state index in [1.54, 1.807) is 26.0 Å². The van der Waals surface area contributed by atoms with Crippen molar-refractivity contribution in [2.45, 2.75) is 11.8 Å². The van der Waals surface area contributed by atoms with E-state index in [1.165, 1.54) is 0 Å². The van der Waals surface area contributed by atoms with Gasteiger partial charge in [-0.25, -0.2) is 8.42 Å². The average molecular weight is 335 g/mol. The van der Waals surface area contributed by atoms with Crippen molar-refractivity contribution >= 4 is 37.8 Å². The molecule has 0 aromatic carbocycles. The minimum atomic E-state index is -3.54. The standard InChI is InChI=1S/C12H21N3O4S2/c1-5-14-11(16)9-8(13)10(21(4,17)18)12(20-9)15(2)6-7-19-3/h5-7,13H2,1-4H3,(H,14,16).